The number of rotatable bonds is 4. The first-order valence-electron chi connectivity index (χ1n) is 7.88. The number of hydrogen-bond donors (Lipinski definition) is 0. The minimum Gasteiger partial charge on any atom is -0.472 e. The summed E-state index contributed by atoms with van der Waals surface area (Å²) in [7, 11) is 0. The molecule has 0 aliphatic carbocycles. The van der Waals surface area contributed by atoms with Gasteiger partial charge in [-0.25, -0.2) is 9.37 Å². The van der Waals surface area contributed by atoms with Gasteiger partial charge in [-0.3, -0.25) is 4.90 Å². The molecule has 122 valence electrons. The van der Waals surface area contributed by atoms with E-state index in [2.05, 4.69) is 9.88 Å². The van der Waals surface area contributed by atoms with E-state index in [1.54, 1.807) is 18.5 Å². The molecule has 2 aromatic heterocycles. The van der Waals surface area contributed by atoms with Crippen LogP contribution in [-0.2, 0) is 11.3 Å². The van der Waals surface area contributed by atoms with Crippen LogP contribution in [0.2, 0.25) is 0 Å². The number of hydrogen-bond acceptors (Lipinski definition) is 5. The largest absolute Gasteiger partial charge is 0.472 e. The van der Waals surface area contributed by atoms with Gasteiger partial charge in [0.2, 0.25) is 0 Å². The van der Waals surface area contributed by atoms with Crippen molar-refractivity contribution in [3.63, 3.8) is 0 Å². The topological polar surface area (TPSA) is 47.7 Å². The van der Waals surface area contributed by atoms with Crippen molar-refractivity contribution in [2.24, 2.45) is 0 Å². The van der Waals surface area contributed by atoms with Gasteiger partial charge in [0.1, 0.15) is 11.9 Å². The maximum Gasteiger partial charge on any atom is 0.250 e. The zero-order valence-electron chi connectivity index (χ0n) is 12.8. The van der Waals surface area contributed by atoms with Crippen molar-refractivity contribution in [3.8, 4) is 5.88 Å². The summed E-state index contributed by atoms with van der Waals surface area (Å²) in [5, 5.41) is 0. The quantitative estimate of drug-likeness (QED) is 0.867. The lowest BCUT2D eigenvalue weighted by atomic mass is 9.84. The van der Waals surface area contributed by atoms with Crippen molar-refractivity contribution in [2.75, 3.05) is 19.7 Å². The maximum atomic E-state index is 13.7. The van der Waals surface area contributed by atoms with Crippen LogP contribution in [0, 0.1) is 5.82 Å². The van der Waals surface area contributed by atoms with Gasteiger partial charge < -0.3 is 13.9 Å². The van der Waals surface area contributed by atoms with Gasteiger partial charge in [-0.15, -0.1) is 0 Å². The highest BCUT2D eigenvalue weighted by molar-refractivity contribution is 5.14. The van der Waals surface area contributed by atoms with Gasteiger partial charge in [-0.1, -0.05) is 0 Å². The van der Waals surface area contributed by atoms with Gasteiger partial charge in [-0.05, 0) is 24.3 Å². The second kappa shape index (κ2) is 5.94. The van der Waals surface area contributed by atoms with E-state index in [1.165, 1.54) is 6.07 Å². The van der Waals surface area contributed by atoms with E-state index in [4.69, 9.17) is 13.9 Å². The van der Waals surface area contributed by atoms with E-state index in [9.17, 15) is 4.39 Å². The van der Waals surface area contributed by atoms with Crippen molar-refractivity contribution in [1.82, 2.24) is 9.88 Å². The molecule has 0 amide bonds. The molecule has 0 aromatic carbocycles. The van der Waals surface area contributed by atoms with E-state index in [1.807, 2.05) is 12.1 Å². The number of pyridine rings is 1. The monoisotopic (exact) mass is 318 g/mol. The summed E-state index contributed by atoms with van der Waals surface area (Å²) < 4.78 is 30.8. The van der Waals surface area contributed by atoms with Crippen LogP contribution in [0.3, 0.4) is 0 Å². The lowest BCUT2D eigenvalue weighted by Crippen LogP contribution is -2.65. The third kappa shape index (κ3) is 3.09. The molecule has 2 fully saturated rings. The Hall–Kier alpha value is -1.92. The molecule has 1 spiro atoms. The summed E-state index contributed by atoms with van der Waals surface area (Å²) in [4.78, 5) is 6.25. The second-order valence-electron chi connectivity index (χ2n) is 6.28. The first-order chi connectivity index (χ1) is 11.2. The molecule has 0 saturated carbocycles. The van der Waals surface area contributed by atoms with Crippen LogP contribution in [0.15, 0.2) is 41.1 Å². The molecule has 1 atom stereocenters. The van der Waals surface area contributed by atoms with Crippen molar-refractivity contribution in [3.05, 3.63) is 48.3 Å². The molecule has 4 heterocycles. The van der Waals surface area contributed by atoms with Crippen LogP contribution < -0.4 is 4.74 Å². The van der Waals surface area contributed by atoms with Gasteiger partial charge in [-0.2, -0.15) is 0 Å². The third-order valence-corrected chi connectivity index (χ3v) is 4.43. The normalized spacial score (nSPS) is 23.6. The first-order valence-corrected chi connectivity index (χ1v) is 7.88. The minimum atomic E-state index is -0.416. The maximum absolute atomic E-state index is 13.7. The summed E-state index contributed by atoms with van der Waals surface area (Å²) in [6.07, 6.45) is 4.70. The predicted molar refractivity (Wildman–Crippen MR) is 80.5 cm³/mol. The van der Waals surface area contributed by atoms with Crippen LogP contribution in [0.25, 0.3) is 0 Å². The number of ether oxygens (including phenoxy) is 2. The summed E-state index contributed by atoms with van der Waals surface area (Å²) in [5.41, 5.74) is -0.180. The molecule has 2 saturated heterocycles. The minimum absolute atomic E-state index is 0.0566. The third-order valence-electron chi connectivity index (χ3n) is 4.43. The predicted octanol–water partition coefficient (Wildman–Crippen LogP) is 2.63. The molecular weight excluding hydrogens is 299 g/mol. The van der Waals surface area contributed by atoms with E-state index in [0.29, 0.717) is 6.61 Å². The van der Waals surface area contributed by atoms with E-state index < -0.39 is 5.82 Å². The van der Waals surface area contributed by atoms with Gasteiger partial charge in [0, 0.05) is 32.1 Å². The Kier molecular flexibility index (Phi) is 3.79. The first kappa shape index (κ1) is 14.7. The molecule has 2 aromatic rings. The molecule has 0 N–H and O–H groups in total. The highest BCUT2D eigenvalue weighted by atomic mass is 19.1. The molecule has 23 heavy (non-hydrogen) atoms. The van der Waals surface area contributed by atoms with Gasteiger partial charge in [0.25, 0.3) is 5.88 Å². The van der Waals surface area contributed by atoms with Crippen molar-refractivity contribution in [2.45, 2.75) is 31.1 Å². The SMILES string of the molecule is Fc1cccnc1O[C@@H]1CCOC2(C1)CN(Cc1ccco1)C2. The molecule has 4 rings (SSSR count). The number of aromatic nitrogens is 1. The molecule has 2 aliphatic heterocycles. The Morgan fingerprint density at radius 3 is 3.04 bits per heavy atom. The second-order valence-corrected chi connectivity index (χ2v) is 6.28. The van der Waals surface area contributed by atoms with Gasteiger partial charge in [0.15, 0.2) is 5.82 Å². The molecule has 5 nitrogen and oxygen atoms in total. The number of furan rings is 1. The number of likely N-dealkylation sites (tertiary alicyclic amines) is 1. The lowest BCUT2D eigenvalue weighted by Gasteiger charge is -2.52. The molecule has 6 heteroatoms. The van der Waals surface area contributed by atoms with Crippen molar-refractivity contribution in [1.29, 1.82) is 0 Å². The molecule has 0 radical (unpaired) electrons. The van der Waals surface area contributed by atoms with Gasteiger partial charge in [0.05, 0.1) is 25.0 Å². The summed E-state index contributed by atoms with van der Waals surface area (Å²) in [5.74, 6) is 0.626. The Morgan fingerprint density at radius 2 is 2.26 bits per heavy atom. The summed E-state index contributed by atoms with van der Waals surface area (Å²) >= 11 is 0. The summed E-state index contributed by atoms with van der Waals surface area (Å²) in [6.45, 7) is 3.11. The van der Waals surface area contributed by atoms with Crippen LogP contribution in [0.4, 0.5) is 4.39 Å². The average molecular weight is 318 g/mol. The van der Waals surface area contributed by atoms with Crippen LogP contribution in [-0.4, -0.2) is 41.3 Å². The highest BCUT2D eigenvalue weighted by Gasteiger charge is 2.48. The molecule has 0 unspecified atom stereocenters. The van der Waals surface area contributed by atoms with Crippen LogP contribution in [0.5, 0.6) is 5.88 Å². The molecular formula is C17H19FN2O3. The lowest BCUT2D eigenvalue weighted by molar-refractivity contribution is -0.189. The fourth-order valence-electron chi connectivity index (χ4n) is 3.42. The number of halogens is 1. The highest BCUT2D eigenvalue weighted by Crippen LogP contribution is 2.36. The zero-order valence-corrected chi connectivity index (χ0v) is 12.8. The Morgan fingerprint density at radius 1 is 1.35 bits per heavy atom. The van der Waals surface area contributed by atoms with Crippen LogP contribution in [0.1, 0.15) is 18.6 Å². The van der Waals surface area contributed by atoms with Crippen molar-refractivity contribution >= 4 is 0 Å². The van der Waals surface area contributed by atoms with E-state index >= 15 is 0 Å². The van der Waals surface area contributed by atoms with Crippen LogP contribution >= 0.6 is 0 Å². The van der Waals surface area contributed by atoms with Crippen molar-refractivity contribution < 1.29 is 18.3 Å². The molecule has 2 aliphatic rings. The van der Waals surface area contributed by atoms with E-state index in [-0.39, 0.29) is 17.6 Å². The zero-order chi connectivity index (χ0) is 15.7. The fourth-order valence-corrected chi connectivity index (χ4v) is 3.42. The Balaban J connectivity index is 1.34. The molecule has 0 bridgehead atoms. The Bertz CT molecular complexity index is 656. The Labute approximate surface area is 134 Å². The van der Waals surface area contributed by atoms with Gasteiger partial charge >= 0.3 is 0 Å². The number of nitrogens with zero attached hydrogens (tertiary/aromatic N) is 2. The summed E-state index contributed by atoms with van der Waals surface area (Å²) in [6, 6.07) is 6.80. The fraction of sp³-hybridized carbons (Fsp3) is 0.471. The standard InChI is InChI=1S/C17H19FN2O3/c18-15-4-1-6-19-16(15)23-13-5-8-22-17(9-13)11-20(12-17)10-14-3-2-7-21-14/h1-4,6-7,13H,5,8-12H2/t13-/m1/s1. The average Bonchev–Trinajstić information content (AvgIpc) is 3.02. The smallest absolute Gasteiger partial charge is 0.250 e. The van der Waals surface area contributed by atoms with E-state index in [0.717, 1.165) is 38.2 Å².